The van der Waals surface area contributed by atoms with Gasteiger partial charge in [0.05, 0.1) is 12.1 Å². The van der Waals surface area contributed by atoms with Gasteiger partial charge in [-0.25, -0.2) is 9.78 Å². The second-order valence-electron chi connectivity index (χ2n) is 4.45. The lowest BCUT2D eigenvalue weighted by molar-refractivity contribution is 0.717. The molecule has 5 heteroatoms. The Bertz CT molecular complexity index is 804. The third-order valence-corrected chi connectivity index (χ3v) is 3.44. The van der Waals surface area contributed by atoms with Gasteiger partial charge in [0.25, 0.3) is 0 Å². The van der Waals surface area contributed by atoms with Crippen LogP contribution in [0.3, 0.4) is 0 Å². The predicted molar refractivity (Wildman–Crippen MR) is 75.5 cm³/mol. The first-order chi connectivity index (χ1) is 9.15. The molecule has 19 heavy (non-hydrogen) atoms. The van der Waals surface area contributed by atoms with Crippen LogP contribution in [0.15, 0.2) is 47.5 Å². The highest BCUT2D eigenvalue weighted by Gasteiger charge is 2.07. The van der Waals surface area contributed by atoms with Crippen LogP contribution in [-0.2, 0) is 13.6 Å². The summed E-state index contributed by atoms with van der Waals surface area (Å²) in [4.78, 5) is 16.2. The number of hydrogen-bond acceptors (Lipinski definition) is 2. The number of imidazole rings is 1. The average molecular weight is 274 g/mol. The summed E-state index contributed by atoms with van der Waals surface area (Å²) in [6.45, 7) is 0.427. The lowest BCUT2D eigenvalue weighted by atomic mass is 10.1. The monoisotopic (exact) mass is 273 g/mol. The minimum Gasteiger partial charge on any atom is -0.302 e. The molecule has 0 aliphatic rings. The van der Waals surface area contributed by atoms with Crippen molar-refractivity contribution in [2.24, 2.45) is 7.05 Å². The second-order valence-corrected chi connectivity index (χ2v) is 4.81. The highest BCUT2D eigenvalue weighted by Crippen LogP contribution is 2.20. The summed E-state index contributed by atoms with van der Waals surface area (Å²) in [7, 11) is 1.72. The zero-order chi connectivity index (χ0) is 13.4. The maximum absolute atomic E-state index is 11.8. The molecule has 0 spiro atoms. The predicted octanol–water partition coefficient (Wildman–Crippen LogP) is 2.44. The Kier molecular flexibility index (Phi) is 2.87. The number of hydrogen-bond donors (Lipinski definition) is 0. The SMILES string of the molecule is Cn1ccn(Cc2cc3ccccc3nc2Cl)c1=O. The molecular weight excluding hydrogens is 262 g/mol. The minimum atomic E-state index is -0.0655. The van der Waals surface area contributed by atoms with E-state index < -0.39 is 0 Å². The molecule has 0 aliphatic carbocycles. The Balaban J connectivity index is 2.08. The fourth-order valence-corrected chi connectivity index (χ4v) is 2.27. The van der Waals surface area contributed by atoms with Gasteiger partial charge in [0.1, 0.15) is 5.15 Å². The summed E-state index contributed by atoms with van der Waals surface area (Å²) < 4.78 is 3.14. The highest BCUT2D eigenvalue weighted by molar-refractivity contribution is 6.30. The van der Waals surface area contributed by atoms with E-state index in [1.54, 1.807) is 24.0 Å². The third kappa shape index (κ3) is 2.15. The van der Waals surface area contributed by atoms with Gasteiger partial charge in [-0.1, -0.05) is 29.8 Å². The van der Waals surface area contributed by atoms with Gasteiger partial charge in [-0.2, -0.15) is 0 Å². The molecule has 0 atom stereocenters. The Morgan fingerprint density at radius 2 is 2.05 bits per heavy atom. The number of nitrogens with zero attached hydrogens (tertiary/aromatic N) is 3. The molecule has 2 aromatic heterocycles. The van der Waals surface area contributed by atoms with E-state index in [2.05, 4.69) is 4.98 Å². The molecule has 0 fully saturated rings. The zero-order valence-corrected chi connectivity index (χ0v) is 11.1. The fourth-order valence-electron chi connectivity index (χ4n) is 2.06. The molecule has 0 N–H and O–H groups in total. The van der Waals surface area contributed by atoms with Crippen LogP contribution in [0.5, 0.6) is 0 Å². The average Bonchev–Trinajstić information content (AvgIpc) is 2.71. The van der Waals surface area contributed by atoms with Crippen molar-refractivity contribution in [2.45, 2.75) is 6.54 Å². The summed E-state index contributed by atoms with van der Waals surface area (Å²) >= 11 is 6.18. The number of aryl methyl sites for hydroxylation is 1. The number of aromatic nitrogens is 3. The van der Waals surface area contributed by atoms with Gasteiger partial charge in [0.2, 0.25) is 0 Å². The van der Waals surface area contributed by atoms with E-state index in [0.717, 1.165) is 16.5 Å². The van der Waals surface area contributed by atoms with Crippen LogP contribution >= 0.6 is 11.6 Å². The van der Waals surface area contributed by atoms with Crippen LogP contribution in [0.2, 0.25) is 5.15 Å². The lowest BCUT2D eigenvalue weighted by Gasteiger charge is -2.06. The lowest BCUT2D eigenvalue weighted by Crippen LogP contribution is -2.22. The first kappa shape index (κ1) is 12.0. The van der Waals surface area contributed by atoms with E-state index in [4.69, 9.17) is 11.6 Å². The smallest absolute Gasteiger partial charge is 0.302 e. The van der Waals surface area contributed by atoms with Crippen molar-refractivity contribution in [2.75, 3.05) is 0 Å². The quantitative estimate of drug-likeness (QED) is 0.673. The van der Waals surface area contributed by atoms with Gasteiger partial charge in [-0.05, 0) is 12.1 Å². The van der Waals surface area contributed by atoms with Crippen LogP contribution in [0.25, 0.3) is 10.9 Å². The number of rotatable bonds is 2. The molecule has 0 bridgehead atoms. The van der Waals surface area contributed by atoms with Crippen LogP contribution < -0.4 is 5.69 Å². The zero-order valence-electron chi connectivity index (χ0n) is 10.4. The van der Waals surface area contributed by atoms with Crippen LogP contribution in [0.4, 0.5) is 0 Å². The summed E-state index contributed by atoms with van der Waals surface area (Å²) in [5.41, 5.74) is 1.63. The highest BCUT2D eigenvalue weighted by atomic mass is 35.5. The second kappa shape index (κ2) is 4.55. The van der Waals surface area contributed by atoms with Crippen LogP contribution in [-0.4, -0.2) is 14.1 Å². The summed E-state index contributed by atoms with van der Waals surface area (Å²) in [6, 6.07) is 9.75. The number of pyridine rings is 1. The van der Waals surface area contributed by atoms with Gasteiger partial charge in [-0.3, -0.25) is 4.57 Å². The van der Waals surface area contributed by atoms with Gasteiger partial charge in [-0.15, -0.1) is 0 Å². The van der Waals surface area contributed by atoms with Gasteiger partial charge in [0.15, 0.2) is 0 Å². The van der Waals surface area contributed by atoms with E-state index in [1.165, 1.54) is 4.57 Å². The largest absolute Gasteiger partial charge is 0.328 e. The molecule has 0 saturated heterocycles. The molecule has 3 aromatic rings. The Hall–Kier alpha value is -2.07. The molecule has 0 radical (unpaired) electrons. The number of para-hydroxylation sites is 1. The minimum absolute atomic E-state index is 0.0655. The topological polar surface area (TPSA) is 39.8 Å². The first-order valence-electron chi connectivity index (χ1n) is 5.91. The van der Waals surface area contributed by atoms with Crippen molar-refractivity contribution < 1.29 is 0 Å². The molecular formula is C14H12ClN3O. The molecule has 3 rings (SSSR count). The Morgan fingerprint density at radius 1 is 1.26 bits per heavy atom. The van der Waals surface area contributed by atoms with Gasteiger partial charge >= 0.3 is 5.69 Å². The van der Waals surface area contributed by atoms with Crippen LogP contribution in [0, 0.1) is 0 Å². The Labute approximate surface area is 114 Å². The van der Waals surface area contributed by atoms with Gasteiger partial charge in [0, 0.05) is 30.4 Å². The maximum Gasteiger partial charge on any atom is 0.328 e. The van der Waals surface area contributed by atoms with Crippen molar-refractivity contribution in [3.63, 3.8) is 0 Å². The van der Waals surface area contributed by atoms with Crippen LogP contribution in [0.1, 0.15) is 5.56 Å². The standard InChI is InChI=1S/C14H12ClN3O/c1-17-6-7-18(14(17)19)9-11-8-10-4-2-3-5-12(10)16-13(11)15/h2-8H,9H2,1H3. The van der Waals surface area contributed by atoms with E-state index >= 15 is 0 Å². The van der Waals surface area contributed by atoms with Gasteiger partial charge < -0.3 is 4.57 Å². The molecule has 4 nitrogen and oxygen atoms in total. The summed E-state index contributed by atoms with van der Waals surface area (Å²) in [6.07, 6.45) is 3.47. The van der Waals surface area contributed by atoms with Crippen molar-refractivity contribution in [3.05, 3.63) is 63.9 Å². The van der Waals surface area contributed by atoms with Crippen molar-refractivity contribution in [3.8, 4) is 0 Å². The Morgan fingerprint density at radius 3 is 2.79 bits per heavy atom. The summed E-state index contributed by atoms with van der Waals surface area (Å²) in [5, 5.41) is 1.46. The molecule has 0 aliphatic heterocycles. The van der Waals surface area contributed by atoms with E-state index in [0.29, 0.717) is 11.7 Å². The molecule has 2 heterocycles. The number of benzene rings is 1. The first-order valence-corrected chi connectivity index (χ1v) is 6.29. The molecule has 0 unspecified atom stereocenters. The van der Waals surface area contributed by atoms with Crippen molar-refractivity contribution in [1.29, 1.82) is 0 Å². The molecule has 96 valence electrons. The van der Waals surface area contributed by atoms with Crippen molar-refractivity contribution in [1.82, 2.24) is 14.1 Å². The van der Waals surface area contributed by atoms with E-state index in [9.17, 15) is 4.79 Å². The van der Waals surface area contributed by atoms with Crippen molar-refractivity contribution >= 4 is 22.5 Å². The fraction of sp³-hybridized carbons (Fsp3) is 0.143. The van der Waals surface area contributed by atoms with E-state index in [1.807, 2.05) is 30.3 Å². The number of fused-ring (bicyclic) bond motifs is 1. The molecule has 1 aromatic carbocycles. The third-order valence-electron chi connectivity index (χ3n) is 3.11. The maximum atomic E-state index is 11.8. The number of halogens is 1. The van der Waals surface area contributed by atoms with E-state index in [-0.39, 0.29) is 5.69 Å². The normalized spacial score (nSPS) is 11.1. The summed E-state index contributed by atoms with van der Waals surface area (Å²) in [5.74, 6) is 0. The molecule has 0 saturated carbocycles. The molecule has 0 amide bonds.